The second kappa shape index (κ2) is 3.97. The third kappa shape index (κ3) is 3.65. The maximum Gasteiger partial charge on any atom is 0.00739 e. The largest absolute Gasteiger partial charge is 0.327 e. The lowest BCUT2D eigenvalue weighted by Gasteiger charge is -2.33. The first-order valence-corrected chi connectivity index (χ1v) is 5.36. The number of nitrogens with two attached hydrogens (primary N) is 1. The van der Waals surface area contributed by atoms with Gasteiger partial charge in [0.1, 0.15) is 0 Å². The Morgan fingerprint density at radius 3 is 2.38 bits per heavy atom. The molecule has 1 atom stereocenters. The average molecular weight is 184 g/mol. The van der Waals surface area contributed by atoms with E-state index in [1.807, 2.05) is 0 Å². The van der Waals surface area contributed by atoms with E-state index in [1.54, 1.807) is 0 Å². The maximum absolute atomic E-state index is 5.94. The van der Waals surface area contributed by atoms with Gasteiger partial charge in [0, 0.05) is 19.1 Å². The highest BCUT2D eigenvalue weighted by molar-refractivity contribution is 4.83. The van der Waals surface area contributed by atoms with E-state index in [0.717, 1.165) is 12.5 Å². The van der Waals surface area contributed by atoms with Crippen LogP contribution in [0.5, 0.6) is 0 Å². The molecule has 0 aromatic heterocycles. The Labute approximate surface area is 82.5 Å². The van der Waals surface area contributed by atoms with Crippen molar-refractivity contribution >= 4 is 0 Å². The molecule has 2 nitrogen and oxygen atoms in total. The Morgan fingerprint density at radius 2 is 2.00 bits per heavy atom. The van der Waals surface area contributed by atoms with E-state index in [9.17, 15) is 0 Å². The van der Waals surface area contributed by atoms with E-state index in [4.69, 9.17) is 5.73 Å². The minimum atomic E-state index is 0.240. The maximum atomic E-state index is 5.94. The summed E-state index contributed by atoms with van der Waals surface area (Å²) in [4.78, 5) is 2.43. The first-order chi connectivity index (χ1) is 5.92. The summed E-state index contributed by atoms with van der Waals surface area (Å²) in [6.07, 6.45) is 2.87. The van der Waals surface area contributed by atoms with E-state index < -0.39 is 0 Å². The molecule has 78 valence electrons. The van der Waals surface area contributed by atoms with E-state index in [2.05, 4.69) is 32.7 Å². The van der Waals surface area contributed by atoms with Crippen LogP contribution in [-0.4, -0.2) is 31.1 Å². The lowest BCUT2D eigenvalue weighted by Crippen LogP contribution is -2.43. The molecule has 13 heavy (non-hydrogen) atoms. The molecular weight excluding hydrogens is 160 g/mol. The lowest BCUT2D eigenvalue weighted by atomic mass is 9.85. The van der Waals surface area contributed by atoms with E-state index in [0.29, 0.717) is 0 Å². The number of rotatable bonds is 5. The summed E-state index contributed by atoms with van der Waals surface area (Å²) in [5.74, 6) is 0.980. The van der Waals surface area contributed by atoms with Crippen molar-refractivity contribution in [3.8, 4) is 0 Å². The van der Waals surface area contributed by atoms with Crippen LogP contribution in [-0.2, 0) is 0 Å². The fourth-order valence-corrected chi connectivity index (χ4v) is 1.65. The molecule has 0 aliphatic heterocycles. The highest BCUT2D eigenvalue weighted by atomic mass is 15.1. The zero-order valence-corrected chi connectivity index (χ0v) is 9.51. The fourth-order valence-electron chi connectivity index (χ4n) is 1.65. The minimum absolute atomic E-state index is 0.240. The molecule has 0 radical (unpaired) electrons. The van der Waals surface area contributed by atoms with Gasteiger partial charge in [0.05, 0.1) is 0 Å². The van der Waals surface area contributed by atoms with Crippen LogP contribution in [0.25, 0.3) is 0 Å². The molecule has 0 amide bonds. The molecule has 0 heterocycles. The predicted molar refractivity (Wildman–Crippen MR) is 57.7 cm³/mol. The zero-order chi connectivity index (χ0) is 10.1. The Morgan fingerprint density at radius 1 is 1.46 bits per heavy atom. The monoisotopic (exact) mass is 184 g/mol. The molecule has 0 aromatic carbocycles. The Hall–Kier alpha value is -0.0800. The van der Waals surface area contributed by atoms with E-state index in [-0.39, 0.29) is 11.5 Å². The average Bonchev–Trinajstić information content (AvgIpc) is 2.69. The van der Waals surface area contributed by atoms with Gasteiger partial charge in [-0.3, -0.25) is 0 Å². The summed E-state index contributed by atoms with van der Waals surface area (Å²) in [6.45, 7) is 8.98. The van der Waals surface area contributed by atoms with Crippen molar-refractivity contribution in [2.45, 2.75) is 39.7 Å². The molecule has 1 fully saturated rings. The molecule has 1 unspecified atom stereocenters. The zero-order valence-electron chi connectivity index (χ0n) is 9.51. The molecule has 1 aliphatic rings. The van der Waals surface area contributed by atoms with Gasteiger partial charge in [-0.2, -0.15) is 0 Å². The van der Waals surface area contributed by atoms with Crippen molar-refractivity contribution in [1.29, 1.82) is 0 Å². The molecule has 0 saturated heterocycles. The predicted octanol–water partition coefficient (Wildman–Crippen LogP) is 1.70. The highest BCUT2D eigenvalue weighted by Crippen LogP contribution is 2.30. The summed E-state index contributed by atoms with van der Waals surface area (Å²) < 4.78 is 0. The van der Waals surface area contributed by atoms with Crippen molar-refractivity contribution < 1.29 is 0 Å². The minimum Gasteiger partial charge on any atom is -0.327 e. The van der Waals surface area contributed by atoms with Crippen LogP contribution in [0.3, 0.4) is 0 Å². The smallest absolute Gasteiger partial charge is 0.00739 e. The van der Waals surface area contributed by atoms with Gasteiger partial charge in [-0.1, -0.05) is 13.8 Å². The molecule has 1 rings (SSSR count). The molecule has 2 N–H and O–H groups in total. The van der Waals surface area contributed by atoms with Gasteiger partial charge < -0.3 is 10.6 Å². The highest BCUT2D eigenvalue weighted by Gasteiger charge is 2.28. The molecule has 0 spiro atoms. The molecule has 1 saturated carbocycles. The van der Waals surface area contributed by atoms with Gasteiger partial charge in [0.2, 0.25) is 0 Å². The Bertz CT molecular complexity index is 159. The Kier molecular flexibility index (Phi) is 3.36. The van der Waals surface area contributed by atoms with Crippen LogP contribution in [0, 0.1) is 11.3 Å². The Balaban J connectivity index is 2.27. The SMILES string of the molecule is CC(N)C(C)(C)CN(C)CC1CC1. The molecule has 1 aliphatic carbocycles. The van der Waals surface area contributed by atoms with Crippen LogP contribution in [0.2, 0.25) is 0 Å². The topological polar surface area (TPSA) is 29.3 Å². The first kappa shape index (κ1) is 11.0. The molecule has 0 bridgehead atoms. The van der Waals surface area contributed by atoms with Crippen LogP contribution >= 0.6 is 0 Å². The normalized spacial score (nSPS) is 20.8. The van der Waals surface area contributed by atoms with E-state index >= 15 is 0 Å². The summed E-state index contributed by atoms with van der Waals surface area (Å²) in [7, 11) is 2.21. The van der Waals surface area contributed by atoms with Crippen molar-refractivity contribution in [2.24, 2.45) is 17.1 Å². The first-order valence-electron chi connectivity index (χ1n) is 5.36. The van der Waals surface area contributed by atoms with E-state index in [1.165, 1.54) is 19.4 Å². The van der Waals surface area contributed by atoms with Gasteiger partial charge >= 0.3 is 0 Å². The third-order valence-corrected chi connectivity index (χ3v) is 3.18. The van der Waals surface area contributed by atoms with Gasteiger partial charge in [-0.15, -0.1) is 0 Å². The lowest BCUT2D eigenvalue weighted by molar-refractivity contribution is 0.179. The van der Waals surface area contributed by atoms with Crippen molar-refractivity contribution in [1.82, 2.24) is 4.90 Å². The van der Waals surface area contributed by atoms with Crippen LogP contribution < -0.4 is 5.73 Å². The van der Waals surface area contributed by atoms with Crippen molar-refractivity contribution in [3.05, 3.63) is 0 Å². The fraction of sp³-hybridized carbons (Fsp3) is 1.00. The van der Waals surface area contributed by atoms with Crippen LogP contribution in [0.4, 0.5) is 0 Å². The number of hydrogen-bond donors (Lipinski definition) is 1. The summed E-state index contributed by atoms with van der Waals surface area (Å²) in [5.41, 5.74) is 6.18. The molecular formula is C11H24N2. The summed E-state index contributed by atoms with van der Waals surface area (Å²) in [5, 5.41) is 0. The second-order valence-corrected chi connectivity index (χ2v) is 5.42. The standard InChI is InChI=1S/C11H24N2/c1-9(12)11(2,3)8-13(4)7-10-5-6-10/h9-10H,5-8,12H2,1-4H3. The van der Waals surface area contributed by atoms with Crippen molar-refractivity contribution in [3.63, 3.8) is 0 Å². The third-order valence-electron chi connectivity index (χ3n) is 3.18. The quantitative estimate of drug-likeness (QED) is 0.704. The molecule has 0 aromatic rings. The second-order valence-electron chi connectivity index (χ2n) is 5.42. The van der Waals surface area contributed by atoms with Crippen LogP contribution in [0.1, 0.15) is 33.6 Å². The van der Waals surface area contributed by atoms with Gasteiger partial charge in [-0.05, 0) is 38.1 Å². The summed E-state index contributed by atoms with van der Waals surface area (Å²) >= 11 is 0. The van der Waals surface area contributed by atoms with Gasteiger partial charge in [0.25, 0.3) is 0 Å². The van der Waals surface area contributed by atoms with Gasteiger partial charge in [-0.25, -0.2) is 0 Å². The van der Waals surface area contributed by atoms with Crippen molar-refractivity contribution in [2.75, 3.05) is 20.1 Å². The van der Waals surface area contributed by atoms with Gasteiger partial charge in [0.15, 0.2) is 0 Å². The summed E-state index contributed by atoms with van der Waals surface area (Å²) in [6, 6.07) is 0.272. The number of nitrogens with zero attached hydrogens (tertiary/aromatic N) is 1. The number of hydrogen-bond acceptors (Lipinski definition) is 2. The van der Waals surface area contributed by atoms with Crippen LogP contribution in [0.15, 0.2) is 0 Å². The molecule has 2 heteroatoms.